The number of ketones is 1. The summed E-state index contributed by atoms with van der Waals surface area (Å²) in [5.74, 6) is -0.678. The van der Waals surface area contributed by atoms with E-state index in [1.165, 1.54) is 18.2 Å². The Kier molecular flexibility index (Phi) is 4.60. The van der Waals surface area contributed by atoms with Gasteiger partial charge in [0.15, 0.2) is 5.78 Å². The summed E-state index contributed by atoms with van der Waals surface area (Å²) in [6.45, 7) is 0.722. The first-order chi connectivity index (χ1) is 10.3. The highest BCUT2D eigenvalue weighted by Gasteiger charge is 2.37. The maximum Gasteiger partial charge on any atom is 0.293 e. The van der Waals surface area contributed by atoms with Gasteiger partial charge in [-0.15, -0.1) is 0 Å². The van der Waals surface area contributed by atoms with Crippen molar-refractivity contribution in [3.05, 3.63) is 29.3 Å². The molecule has 0 bridgehead atoms. The zero-order valence-electron chi connectivity index (χ0n) is 11.8. The average Bonchev–Trinajstić information content (AvgIpc) is 3.30. The van der Waals surface area contributed by atoms with E-state index in [0.29, 0.717) is 19.1 Å². The van der Waals surface area contributed by atoms with Crippen LogP contribution in [-0.2, 0) is 14.8 Å². The van der Waals surface area contributed by atoms with Crippen LogP contribution in [0, 0.1) is 0 Å². The second kappa shape index (κ2) is 6.12. The average molecular weight is 331 g/mol. The number of hydrogen-bond donors (Lipinski definition) is 0. The van der Waals surface area contributed by atoms with Crippen LogP contribution >= 0.6 is 0 Å². The molecular weight excluding hydrogens is 316 g/mol. The third-order valence-electron chi connectivity index (χ3n) is 3.46. The lowest BCUT2D eigenvalue weighted by molar-refractivity contribution is -0.107. The fourth-order valence-corrected chi connectivity index (χ4v) is 2.89. The van der Waals surface area contributed by atoms with Gasteiger partial charge in [-0.05, 0) is 37.3 Å². The van der Waals surface area contributed by atoms with Crippen molar-refractivity contribution in [2.75, 3.05) is 4.53 Å². The molecule has 120 valence electrons. The zero-order chi connectivity index (χ0) is 16.5. The standard InChI is InChI=1S/C14H15F2NO4S/c1-9(15)22(20,21)17(16)12-4-2-3-11(13(19)7-8-18)14(12)10-5-6-10/h2-4,8-10H,5-7H2,1H3. The van der Waals surface area contributed by atoms with Gasteiger partial charge >= 0.3 is 0 Å². The minimum absolute atomic E-state index is 0.108. The van der Waals surface area contributed by atoms with Crippen molar-refractivity contribution in [3.8, 4) is 0 Å². The van der Waals surface area contributed by atoms with Crippen LogP contribution in [0.5, 0.6) is 0 Å². The lowest BCUT2D eigenvalue weighted by Gasteiger charge is -2.20. The molecule has 1 aromatic rings. The monoisotopic (exact) mass is 331 g/mol. The van der Waals surface area contributed by atoms with Gasteiger partial charge in [-0.2, -0.15) is 0 Å². The predicted molar refractivity (Wildman–Crippen MR) is 76.5 cm³/mol. The first kappa shape index (κ1) is 16.5. The Morgan fingerprint density at radius 3 is 2.59 bits per heavy atom. The van der Waals surface area contributed by atoms with Crippen LogP contribution in [0.4, 0.5) is 14.6 Å². The highest BCUT2D eigenvalue weighted by molar-refractivity contribution is 7.93. The van der Waals surface area contributed by atoms with Gasteiger partial charge in [0.25, 0.3) is 10.0 Å². The molecular formula is C14H15F2NO4S. The van der Waals surface area contributed by atoms with E-state index in [9.17, 15) is 26.9 Å². The molecule has 22 heavy (non-hydrogen) atoms. The molecule has 8 heteroatoms. The molecule has 5 nitrogen and oxygen atoms in total. The number of carbonyl (C=O) groups excluding carboxylic acids is 2. The molecule has 0 spiro atoms. The molecule has 1 aliphatic rings. The SMILES string of the molecule is CC(F)S(=O)(=O)N(F)c1cccc(C(=O)CC=O)c1C1CC1. The summed E-state index contributed by atoms with van der Waals surface area (Å²) in [5, 5.41) is 0. The van der Waals surface area contributed by atoms with E-state index in [2.05, 4.69) is 0 Å². The fourth-order valence-electron chi connectivity index (χ4n) is 2.20. The second-order valence-electron chi connectivity index (χ2n) is 5.11. The zero-order valence-corrected chi connectivity index (χ0v) is 12.6. The Balaban J connectivity index is 2.55. The summed E-state index contributed by atoms with van der Waals surface area (Å²) < 4.78 is 50.2. The van der Waals surface area contributed by atoms with Crippen LogP contribution in [0.25, 0.3) is 0 Å². The number of carbonyl (C=O) groups is 2. The Morgan fingerprint density at radius 1 is 1.45 bits per heavy atom. The van der Waals surface area contributed by atoms with E-state index in [1.54, 1.807) is 0 Å². The molecule has 0 N–H and O–H groups in total. The van der Waals surface area contributed by atoms with Crippen LogP contribution < -0.4 is 4.53 Å². The number of aldehydes is 1. The number of Topliss-reactive ketones (excluding diaryl/α,β-unsaturated/α-hetero) is 1. The van der Waals surface area contributed by atoms with Gasteiger partial charge < -0.3 is 4.79 Å². The molecule has 2 rings (SSSR count). The number of nitrogens with zero attached hydrogens (tertiary/aromatic N) is 1. The van der Waals surface area contributed by atoms with Gasteiger partial charge in [0.2, 0.25) is 5.50 Å². The van der Waals surface area contributed by atoms with E-state index in [1.807, 2.05) is 0 Å². The Labute approximate surface area is 126 Å². The summed E-state index contributed by atoms with van der Waals surface area (Å²) in [4.78, 5) is 22.5. The Hall–Kier alpha value is -1.83. The molecule has 1 saturated carbocycles. The van der Waals surface area contributed by atoms with Crippen LogP contribution in [0.15, 0.2) is 18.2 Å². The van der Waals surface area contributed by atoms with Gasteiger partial charge in [0, 0.05) is 5.56 Å². The first-order valence-electron chi connectivity index (χ1n) is 6.74. The quantitative estimate of drug-likeness (QED) is 0.333. The van der Waals surface area contributed by atoms with E-state index < -0.39 is 25.8 Å². The highest BCUT2D eigenvalue weighted by Crippen LogP contribution is 2.47. The minimum Gasteiger partial charge on any atom is -0.303 e. The summed E-state index contributed by atoms with van der Waals surface area (Å²) >= 11 is 0. The summed E-state index contributed by atoms with van der Waals surface area (Å²) in [5.41, 5.74) is -2.44. The van der Waals surface area contributed by atoms with Crippen molar-refractivity contribution in [1.29, 1.82) is 0 Å². The van der Waals surface area contributed by atoms with Gasteiger partial charge in [-0.3, -0.25) is 4.79 Å². The van der Waals surface area contributed by atoms with Crippen molar-refractivity contribution < 1.29 is 26.9 Å². The molecule has 0 aromatic heterocycles. The summed E-state index contributed by atoms with van der Waals surface area (Å²) in [6.07, 6.45) is 1.41. The van der Waals surface area contributed by atoms with Crippen LogP contribution in [0.1, 0.15) is 48.0 Å². The van der Waals surface area contributed by atoms with Crippen molar-refractivity contribution in [3.63, 3.8) is 0 Å². The molecule has 1 aromatic carbocycles. The van der Waals surface area contributed by atoms with Crippen LogP contribution in [0.2, 0.25) is 0 Å². The Morgan fingerprint density at radius 2 is 2.09 bits per heavy atom. The molecule has 1 unspecified atom stereocenters. The largest absolute Gasteiger partial charge is 0.303 e. The van der Waals surface area contributed by atoms with E-state index in [-0.39, 0.29) is 29.2 Å². The number of rotatable bonds is 7. The van der Waals surface area contributed by atoms with Gasteiger partial charge in [-0.25, -0.2) is 12.8 Å². The van der Waals surface area contributed by atoms with Crippen molar-refractivity contribution >= 4 is 27.8 Å². The lowest BCUT2D eigenvalue weighted by Crippen LogP contribution is -2.30. The number of hydrogen-bond acceptors (Lipinski definition) is 4. The second-order valence-corrected chi connectivity index (χ2v) is 7.11. The first-order valence-corrected chi connectivity index (χ1v) is 8.24. The number of anilines is 1. The molecule has 1 atom stereocenters. The maximum absolute atomic E-state index is 14.3. The predicted octanol–water partition coefficient (Wildman–Crippen LogP) is 2.67. The smallest absolute Gasteiger partial charge is 0.293 e. The number of benzene rings is 1. The molecule has 0 radical (unpaired) electrons. The van der Waals surface area contributed by atoms with Crippen molar-refractivity contribution in [2.24, 2.45) is 0 Å². The van der Waals surface area contributed by atoms with Crippen molar-refractivity contribution in [2.45, 2.75) is 37.6 Å². The number of sulfonamides is 1. The molecule has 0 amide bonds. The van der Waals surface area contributed by atoms with E-state index in [4.69, 9.17) is 0 Å². The van der Waals surface area contributed by atoms with Crippen LogP contribution in [0.3, 0.4) is 0 Å². The highest BCUT2D eigenvalue weighted by atomic mass is 32.2. The fraction of sp³-hybridized carbons (Fsp3) is 0.429. The molecule has 1 fully saturated rings. The maximum atomic E-state index is 14.3. The summed E-state index contributed by atoms with van der Waals surface area (Å²) in [6, 6.07) is 3.91. The lowest BCUT2D eigenvalue weighted by atomic mass is 9.97. The number of halogens is 2. The molecule has 0 saturated heterocycles. The molecule has 0 heterocycles. The van der Waals surface area contributed by atoms with E-state index >= 15 is 0 Å². The molecule has 1 aliphatic carbocycles. The van der Waals surface area contributed by atoms with E-state index in [0.717, 1.165) is 6.92 Å². The topological polar surface area (TPSA) is 71.5 Å². The number of alkyl halides is 1. The third-order valence-corrected chi connectivity index (χ3v) is 4.93. The Bertz CT molecular complexity index is 699. The molecule has 0 aliphatic heterocycles. The minimum atomic E-state index is -4.79. The van der Waals surface area contributed by atoms with Crippen LogP contribution in [-0.4, -0.2) is 26.0 Å². The van der Waals surface area contributed by atoms with Gasteiger partial charge in [-0.1, -0.05) is 21.1 Å². The van der Waals surface area contributed by atoms with Crippen molar-refractivity contribution in [1.82, 2.24) is 0 Å². The normalized spacial score (nSPS) is 16.1. The van der Waals surface area contributed by atoms with Gasteiger partial charge in [0.1, 0.15) is 6.29 Å². The third kappa shape index (κ3) is 3.01. The summed E-state index contributed by atoms with van der Waals surface area (Å²) in [7, 11) is -4.79. The van der Waals surface area contributed by atoms with Gasteiger partial charge in [0.05, 0.1) is 12.1 Å².